The first-order valence-corrected chi connectivity index (χ1v) is 9.22. The molecule has 146 valence electrons. The number of nitrogens with two attached hydrogens (primary N) is 1. The van der Waals surface area contributed by atoms with E-state index in [2.05, 4.69) is 15.6 Å². The van der Waals surface area contributed by atoms with E-state index < -0.39 is 19.0 Å². The molecule has 1 amide bonds. The Morgan fingerprint density at radius 3 is 2.96 bits per heavy atom. The molecule has 1 aromatic heterocycles. The molecule has 0 saturated carbocycles. The van der Waals surface area contributed by atoms with Crippen molar-refractivity contribution in [3.63, 3.8) is 0 Å². The Morgan fingerprint density at radius 1 is 1.46 bits per heavy atom. The van der Waals surface area contributed by atoms with E-state index in [9.17, 15) is 19.7 Å². The predicted octanol–water partition coefficient (Wildman–Crippen LogP) is -0.494. The minimum Gasteiger partial charge on any atom is -0.534 e. The van der Waals surface area contributed by atoms with E-state index >= 15 is 0 Å². The summed E-state index contributed by atoms with van der Waals surface area (Å²) in [6.07, 6.45) is 0.260. The molecule has 0 unspecified atom stereocenters. The van der Waals surface area contributed by atoms with Crippen molar-refractivity contribution in [3.8, 4) is 5.75 Å². The molecule has 0 spiro atoms. The second kappa shape index (κ2) is 8.27. The molecule has 7 N–H and O–H groups in total. The zero-order valence-corrected chi connectivity index (χ0v) is 15.5. The number of carboxylic acid groups (broad SMARTS) is 1. The second-order valence-corrected chi connectivity index (χ2v) is 7.10. The molecule has 10 nitrogen and oxygen atoms in total. The topological polar surface area (TPSA) is 171 Å². The third-order valence-corrected chi connectivity index (χ3v) is 4.96. The highest BCUT2D eigenvalue weighted by atomic mass is 32.1. The summed E-state index contributed by atoms with van der Waals surface area (Å²) in [4.78, 5) is 27.9. The number of para-hydroxylation sites is 1. The first-order chi connectivity index (χ1) is 13.3. The number of guanidine groups is 1. The third kappa shape index (κ3) is 4.59. The summed E-state index contributed by atoms with van der Waals surface area (Å²) in [6, 6.07) is 4.68. The van der Waals surface area contributed by atoms with Gasteiger partial charge < -0.3 is 31.2 Å². The van der Waals surface area contributed by atoms with Crippen molar-refractivity contribution < 1.29 is 24.4 Å². The van der Waals surface area contributed by atoms with Crippen LogP contribution in [-0.4, -0.2) is 46.0 Å². The van der Waals surface area contributed by atoms with Gasteiger partial charge in [0.1, 0.15) is 10.8 Å². The number of aromatic nitrogens is 1. The van der Waals surface area contributed by atoms with Gasteiger partial charge in [0, 0.05) is 5.38 Å². The summed E-state index contributed by atoms with van der Waals surface area (Å²) in [7, 11) is -1.36. The van der Waals surface area contributed by atoms with Gasteiger partial charge in [-0.25, -0.2) is 9.78 Å². The number of benzene rings is 1. The van der Waals surface area contributed by atoms with Crippen molar-refractivity contribution in [3.05, 3.63) is 45.4 Å². The molecular formula is C16H18BN5O5S. The zero-order chi connectivity index (χ0) is 20.3. The molecule has 12 heteroatoms. The number of carbonyl (C=O) groups excluding carboxylic acids is 1. The molecule has 1 aliphatic heterocycles. The van der Waals surface area contributed by atoms with Gasteiger partial charge in [0.15, 0.2) is 5.96 Å². The Balaban J connectivity index is 1.61. The van der Waals surface area contributed by atoms with E-state index in [-0.39, 0.29) is 36.0 Å². The average Bonchev–Trinajstić information content (AvgIpc) is 3.07. The Bertz CT molecular complexity index is 921. The van der Waals surface area contributed by atoms with Crippen molar-refractivity contribution in [1.82, 2.24) is 15.6 Å². The van der Waals surface area contributed by atoms with Crippen LogP contribution < -0.4 is 21.0 Å². The lowest BCUT2D eigenvalue weighted by Crippen LogP contribution is -2.53. The lowest BCUT2D eigenvalue weighted by Gasteiger charge is -2.28. The standard InChI is InChI=1S/C16H18BN5O5S/c18-16(19)20-6-13-21-9(7-28-13)5-12(23)22-11-4-8-2-1-3-10(15(24)25)14(8)27-17(11)26/h1-3,7,11,26H,4-6H2,(H,22,23)(H,24,25)(H4,18,19,20)/t11-/m0/s1. The molecule has 3 rings (SSSR count). The summed E-state index contributed by atoms with van der Waals surface area (Å²) in [6.45, 7) is 0.305. The third-order valence-electron chi connectivity index (χ3n) is 4.07. The fourth-order valence-corrected chi connectivity index (χ4v) is 3.55. The van der Waals surface area contributed by atoms with Gasteiger partial charge in [-0.15, -0.1) is 11.3 Å². The highest BCUT2D eigenvalue weighted by molar-refractivity contribution is 7.09. The van der Waals surface area contributed by atoms with Gasteiger partial charge >= 0.3 is 13.1 Å². The summed E-state index contributed by atoms with van der Waals surface area (Å²) in [5, 5.41) is 34.3. The number of thiazole rings is 1. The van der Waals surface area contributed by atoms with Crippen LogP contribution in [0, 0.1) is 5.41 Å². The van der Waals surface area contributed by atoms with E-state index in [1.807, 2.05) is 0 Å². The van der Waals surface area contributed by atoms with Crippen molar-refractivity contribution in [2.75, 3.05) is 0 Å². The molecule has 28 heavy (non-hydrogen) atoms. The molecule has 0 radical (unpaired) electrons. The lowest BCUT2D eigenvalue weighted by molar-refractivity contribution is -0.120. The van der Waals surface area contributed by atoms with Crippen molar-refractivity contribution >= 4 is 36.3 Å². The van der Waals surface area contributed by atoms with Crippen LogP contribution in [0.5, 0.6) is 5.75 Å². The van der Waals surface area contributed by atoms with Gasteiger partial charge in [0.2, 0.25) is 5.91 Å². The largest absolute Gasteiger partial charge is 0.547 e. The molecule has 1 aromatic carbocycles. The van der Waals surface area contributed by atoms with Crippen LogP contribution in [0.4, 0.5) is 0 Å². The first-order valence-electron chi connectivity index (χ1n) is 8.34. The minimum atomic E-state index is -1.36. The van der Waals surface area contributed by atoms with Crippen molar-refractivity contribution in [2.45, 2.75) is 25.3 Å². The Morgan fingerprint density at radius 2 is 2.25 bits per heavy atom. The predicted molar refractivity (Wildman–Crippen MR) is 102 cm³/mol. The Hall–Kier alpha value is -3.12. The monoisotopic (exact) mass is 403 g/mol. The van der Waals surface area contributed by atoms with E-state index in [4.69, 9.17) is 15.8 Å². The van der Waals surface area contributed by atoms with Crippen LogP contribution >= 0.6 is 11.3 Å². The van der Waals surface area contributed by atoms with E-state index in [0.717, 1.165) is 0 Å². The minimum absolute atomic E-state index is 0.0157. The number of nitrogens with one attached hydrogen (secondary N) is 3. The van der Waals surface area contributed by atoms with Crippen LogP contribution in [0.3, 0.4) is 0 Å². The number of carboxylic acids is 1. The van der Waals surface area contributed by atoms with E-state index in [1.54, 1.807) is 17.5 Å². The quantitative estimate of drug-likeness (QED) is 0.213. The van der Waals surface area contributed by atoms with Crippen LogP contribution in [0.1, 0.15) is 26.6 Å². The van der Waals surface area contributed by atoms with Crippen LogP contribution in [0.25, 0.3) is 0 Å². The number of nitrogens with zero attached hydrogens (tertiary/aromatic N) is 1. The smallest absolute Gasteiger partial charge is 0.534 e. The molecule has 1 aliphatic rings. The number of amides is 1. The highest BCUT2D eigenvalue weighted by Gasteiger charge is 2.37. The molecule has 2 heterocycles. The van der Waals surface area contributed by atoms with Crippen molar-refractivity contribution in [2.24, 2.45) is 5.73 Å². The van der Waals surface area contributed by atoms with Gasteiger partial charge in [-0.2, -0.15) is 0 Å². The molecule has 0 fully saturated rings. The number of fused-ring (bicyclic) bond motifs is 1. The van der Waals surface area contributed by atoms with Gasteiger partial charge in [-0.1, -0.05) is 12.1 Å². The zero-order valence-electron chi connectivity index (χ0n) is 14.6. The van der Waals surface area contributed by atoms with E-state index in [0.29, 0.717) is 22.8 Å². The fraction of sp³-hybridized carbons (Fsp3) is 0.250. The SMILES string of the molecule is N=C(N)NCc1nc(CC(=O)N[C@H]2Cc3cccc(C(=O)O)c3OB2O)cs1. The second-order valence-electron chi connectivity index (χ2n) is 6.16. The van der Waals surface area contributed by atoms with Gasteiger partial charge in [0.25, 0.3) is 0 Å². The fourth-order valence-electron chi connectivity index (χ4n) is 2.82. The summed E-state index contributed by atoms with van der Waals surface area (Å²) in [5.41, 5.74) is 6.35. The number of hydrogen-bond donors (Lipinski definition) is 6. The first kappa shape index (κ1) is 19.6. The average molecular weight is 403 g/mol. The highest BCUT2D eigenvalue weighted by Crippen LogP contribution is 2.30. The summed E-state index contributed by atoms with van der Waals surface area (Å²) < 4.78 is 5.35. The molecule has 0 bridgehead atoms. The number of carbonyl (C=O) groups is 2. The number of aromatic carboxylic acids is 1. The summed E-state index contributed by atoms with van der Waals surface area (Å²) >= 11 is 1.34. The number of hydrogen-bond acceptors (Lipinski definition) is 7. The molecule has 2 aromatic rings. The molecular weight excluding hydrogens is 385 g/mol. The van der Waals surface area contributed by atoms with E-state index in [1.165, 1.54) is 17.4 Å². The molecule has 0 aliphatic carbocycles. The van der Waals surface area contributed by atoms with Gasteiger partial charge in [-0.3, -0.25) is 10.2 Å². The van der Waals surface area contributed by atoms with Crippen LogP contribution in [0.2, 0.25) is 0 Å². The summed E-state index contributed by atoms with van der Waals surface area (Å²) in [5.74, 6) is -2.24. The molecule has 0 saturated heterocycles. The maximum atomic E-state index is 12.3. The maximum Gasteiger partial charge on any atom is 0.547 e. The van der Waals surface area contributed by atoms with Gasteiger partial charge in [-0.05, 0) is 18.1 Å². The maximum absolute atomic E-state index is 12.3. The van der Waals surface area contributed by atoms with Gasteiger partial charge in [0.05, 0.1) is 30.2 Å². The molecule has 1 atom stereocenters. The normalized spacial score (nSPS) is 15.3. The van der Waals surface area contributed by atoms with Crippen molar-refractivity contribution in [1.29, 1.82) is 5.41 Å². The van der Waals surface area contributed by atoms with Crippen LogP contribution in [-0.2, 0) is 24.2 Å². The Labute approximate surface area is 164 Å². The lowest BCUT2D eigenvalue weighted by atomic mass is 9.72. The van der Waals surface area contributed by atoms with Crippen LogP contribution in [0.15, 0.2) is 23.6 Å². The number of rotatable bonds is 6. The Kier molecular flexibility index (Phi) is 5.80.